The summed E-state index contributed by atoms with van der Waals surface area (Å²) in [5.41, 5.74) is 3.83. The molecule has 2 rings (SSSR count). The predicted octanol–water partition coefficient (Wildman–Crippen LogP) is 3.63. The van der Waals surface area contributed by atoms with Crippen molar-refractivity contribution in [3.05, 3.63) is 44.9 Å². The van der Waals surface area contributed by atoms with Gasteiger partial charge in [0.05, 0.1) is 10.7 Å². The maximum atomic E-state index is 12.2. The molecule has 0 radical (unpaired) electrons. The fraction of sp³-hybridized carbons (Fsp3) is 0.286. The summed E-state index contributed by atoms with van der Waals surface area (Å²) in [5, 5.41) is 3.90. The lowest BCUT2D eigenvalue weighted by molar-refractivity contribution is 0.102. The molecular weight excluding hydrogens is 244 g/mol. The number of hydrogen-bond acceptors (Lipinski definition) is 3. The molecule has 18 heavy (non-hydrogen) atoms. The summed E-state index contributed by atoms with van der Waals surface area (Å²) < 4.78 is 0. The minimum absolute atomic E-state index is 0.0736. The molecule has 0 aliphatic heterocycles. The van der Waals surface area contributed by atoms with E-state index < -0.39 is 0 Å². The Morgan fingerprint density at radius 1 is 1.17 bits per heavy atom. The monoisotopic (exact) mass is 260 g/mol. The van der Waals surface area contributed by atoms with Crippen molar-refractivity contribution < 1.29 is 4.79 Å². The van der Waals surface area contributed by atoms with E-state index in [1.54, 1.807) is 0 Å². The zero-order valence-electron chi connectivity index (χ0n) is 11.0. The lowest BCUT2D eigenvalue weighted by Gasteiger charge is -2.10. The number of nitrogens with one attached hydrogen (secondary N) is 1. The van der Waals surface area contributed by atoms with Crippen molar-refractivity contribution in [1.82, 2.24) is 4.98 Å². The van der Waals surface area contributed by atoms with E-state index in [4.69, 9.17) is 0 Å². The van der Waals surface area contributed by atoms with Gasteiger partial charge in [-0.05, 0) is 38.8 Å². The van der Waals surface area contributed by atoms with Crippen LogP contribution in [0.15, 0.2) is 18.2 Å². The molecule has 1 heterocycles. The van der Waals surface area contributed by atoms with Gasteiger partial charge in [-0.2, -0.15) is 0 Å². The highest BCUT2D eigenvalue weighted by molar-refractivity contribution is 7.13. The highest BCUT2D eigenvalue weighted by Crippen LogP contribution is 2.23. The maximum Gasteiger partial charge on any atom is 0.267 e. The highest BCUT2D eigenvalue weighted by atomic mass is 32.1. The second-order valence-corrected chi connectivity index (χ2v) is 5.57. The summed E-state index contributed by atoms with van der Waals surface area (Å²) in [6, 6.07) is 5.98. The van der Waals surface area contributed by atoms with E-state index in [0.29, 0.717) is 4.88 Å². The van der Waals surface area contributed by atoms with Crippen molar-refractivity contribution in [3.8, 4) is 0 Å². The Bertz CT molecular complexity index is 582. The van der Waals surface area contributed by atoms with E-state index >= 15 is 0 Å². The number of thiazole rings is 1. The number of benzene rings is 1. The first-order chi connectivity index (χ1) is 8.49. The van der Waals surface area contributed by atoms with Gasteiger partial charge in [0.2, 0.25) is 0 Å². The van der Waals surface area contributed by atoms with E-state index in [0.717, 1.165) is 27.5 Å². The number of amides is 1. The topological polar surface area (TPSA) is 42.0 Å². The molecule has 0 saturated heterocycles. The molecule has 0 aliphatic rings. The predicted molar refractivity (Wildman–Crippen MR) is 75.5 cm³/mol. The summed E-state index contributed by atoms with van der Waals surface area (Å²) in [4.78, 5) is 17.2. The molecule has 1 aromatic carbocycles. The molecule has 0 spiro atoms. The second-order valence-electron chi connectivity index (χ2n) is 4.37. The first-order valence-corrected chi connectivity index (χ1v) is 6.62. The van der Waals surface area contributed by atoms with Gasteiger partial charge in [0, 0.05) is 5.69 Å². The first-order valence-electron chi connectivity index (χ1n) is 5.80. The molecule has 2 aromatic rings. The molecule has 0 atom stereocenters. The van der Waals surface area contributed by atoms with Crippen molar-refractivity contribution >= 4 is 22.9 Å². The average molecular weight is 260 g/mol. The Kier molecular flexibility index (Phi) is 3.48. The van der Waals surface area contributed by atoms with Gasteiger partial charge in [-0.1, -0.05) is 18.2 Å². The fourth-order valence-corrected chi connectivity index (χ4v) is 2.74. The molecular formula is C14H16N2OS. The number of anilines is 1. The number of hydrogen-bond donors (Lipinski definition) is 1. The third-order valence-corrected chi connectivity index (χ3v) is 3.90. The van der Waals surface area contributed by atoms with Crippen LogP contribution in [0, 0.1) is 27.7 Å². The van der Waals surface area contributed by atoms with Gasteiger partial charge in [-0.15, -0.1) is 11.3 Å². The SMILES string of the molecule is Cc1nc(C)c(C(=O)Nc2c(C)cccc2C)s1. The average Bonchev–Trinajstić information content (AvgIpc) is 2.63. The molecule has 94 valence electrons. The van der Waals surface area contributed by atoms with E-state index in [1.165, 1.54) is 11.3 Å². The summed E-state index contributed by atoms with van der Waals surface area (Å²) in [7, 11) is 0. The van der Waals surface area contributed by atoms with Crippen LogP contribution in [0.4, 0.5) is 5.69 Å². The van der Waals surface area contributed by atoms with Crippen LogP contribution in [0.5, 0.6) is 0 Å². The fourth-order valence-electron chi connectivity index (χ4n) is 1.92. The van der Waals surface area contributed by atoms with Crippen LogP contribution in [0.3, 0.4) is 0 Å². The Morgan fingerprint density at radius 2 is 1.78 bits per heavy atom. The number of para-hydroxylation sites is 1. The molecule has 1 amide bonds. The maximum absolute atomic E-state index is 12.2. The lowest BCUT2D eigenvalue weighted by Crippen LogP contribution is -2.13. The van der Waals surface area contributed by atoms with Gasteiger partial charge in [0.25, 0.3) is 5.91 Å². The Morgan fingerprint density at radius 3 is 2.28 bits per heavy atom. The van der Waals surface area contributed by atoms with E-state index in [9.17, 15) is 4.79 Å². The van der Waals surface area contributed by atoms with Gasteiger partial charge in [-0.25, -0.2) is 4.98 Å². The quantitative estimate of drug-likeness (QED) is 0.896. The molecule has 0 fully saturated rings. The Hall–Kier alpha value is -1.68. The van der Waals surface area contributed by atoms with E-state index in [-0.39, 0.29) is 5.91 Å². The van der Waals surface area contributed by atoms with Crippen LogP contribution in [0.1, 0.15) is 31.5 Å². The van der Waals surface area contributed by atoms with E-state index in [2.05, 4.69) is 10.3 Å². The zero-order chi connectivity index (χ0) is 13.3. The summed E-state index contributed by atoms with van der Waals surface area (Å²) in [6.45, 7) is 7.76. The molecule has 4 heteroatoms. The van der Waals surface area contributed by atoms with Gasteiger partial charge in [0.15, 0.2) is 0 Å². The normalized spacial score (nSPS) is 10.4. The number of aromatic nitrogens is 1. The third-order valence-electron chi connectivity index (χ3n) is 2.83. The van der Waals surface area contributed by atoms with Crippen LogP contribution in [0.25, 0.3) is 0 Å². The van der Waals surface area contributed by atoms with Crippen molar-refractivity contribution in [3.63, 3.8) is 0 Å². The number of carbonyl (C=O) groups excluding carboxylic acids is 1. The molecule has 1 aromatic heterocycles. The third kappa shape index (κ3) is 2.43. The van der Waals surface area contributed by atoms with Gasteiger partial charge in [-0.3, -0.25) is 4.79 Å². The van der Waals surface area contributed by atoms with Gasteiger partial charge in [0.1, 0.15) is 4.88 Å². The number of carbonyl (C=O) groups is 1. The second kappa shape index (κ2) is 4.90. The molecule has 1 N–H and O–H groups in total. The summed E-state index contributed by atoms with van der Waals surface area (Å²) in [5.74, 6) is -0.0736. The number of aryl methyl sites for hydroxylation is 4. The van der Waals surface area contributed by atoms with Crippen molar-refractivity contribution in [1.29, 1.82) is 0 Å². The molecule has 0 saturated carbocycles. The molecule has 0 unspecified atom stereocenters. The van der Waals surface area contributed by atoms with Crippen molar-refractivity contribution in [2.75, 3.05) is 5.32 Å². The van der Waals surface area contributed by atoms with E-state index in [1.807, 2.05) is 45.9 Å². The zero-order valence-corrected chi connectivity index (χ0v) is 11.8. The molecule has 3 nitrogen and oxygen atoms in total. The Labute approximate surface area is 111 Å². The van der Waals surface area contributed by atoms with Crippen molar-refractivity contribution in [2.45, 2.75) is 27.7 Å². The number of nitrogens with zero attached hydrogens (tertiary/aromatic N) is 1. The first kappa shape index (κ1) is 12.8. The largest absolute Gasteiger partial charge is 0.321 e. The van der Waals surface area contributed by atoms with Crippen LogP contribution < -0.4 is 5.32 Å². The van der Waals surface area contributed by atoms with Crippen LogP contribution in [0.2, 0.25) is 0 Å². The van der Waals surface area contributed by atoms with Crippen LogP contribution in [-0.2, 0) is 0 Å². The minimum atomic E-state index is -0.0736. The highest BCUT2D eigenvalue weighted by Gasteiger charge is 2.15. The molecule has 0 bridgehead atoms. The lowest BCUT2D eigenvalue weighted by atomic mass is 10.1. The summed E-state index contributed by atoms with van der Waals surface area (Å²) >= 11 is 1.43. The Balaban J connectivity index is 2.30. The summed E-state index contributed by atoms with van der Waals surface area (Å²) in [6.07, 6.45) is 0. The molecule has 0 aliphatic carbocycles. The van der Waals surface area contributed by atoms with Crippen molar-refractivity contribution in [2.24, 2.45) is 0 Å². The van der Waals surface area contributed by atoms with Crippen LogP contribution >= 0.6 is 11.3 Å². The van der Waals surface area contributed by atoms with Gasteiger partial charge >= 0.3 is 0 Å². The number of rotatable bonds is 2. The van der Waals surface area contributed by atoms with Gasteiger partial charge < -0.3 is 5.32 Å². The standard InChI is InChI=1S/C14H16N2OS/c1-8-6-5-7-9(2)12(8)16-14(17)13-10(3)15-11(4)18-13/h5-7H,1-4H3,(H,16,17). The smallest absolute Gasteiger partial charge is 0.267 e. The minimum Gasteiger partial charge on any atom is -0.321 e. The van der Waals surface area contributed by atoms with Crippen LogP contribution in [-0.4, -0.2) is 10.9 Å².